The minimum Gasteiger partial charge on any atom is -0.480 e. The Hall–Kier alpha value is -1.59. The molecule has 2 N–H and O–H groups in total. The van der Waals surface area contributed by atoms with E-state index in [4.69, 9.17) is 0 Å². The van der Waals surface area contributed by atoms with E-state index in [9.17, 15) is 19.5 Å². The Balaban J connectivity index is 1.91. The van der Waals surface area contributed by atoms with Gasteiger partial charge in [-0.25, -0.2) is 4.79 Å². The Morgan fingerprint density at radius 1 is 1.25 bits per heavy atom. The molecule has 0 spiro atoms. The summed E-state index contributed by atoms with van der Waals surface area (Å²) < 4.78 is 0. The van der Waals surface area contributed by atoms with Crippen LogP contribution in [0.5, 0.6) is 0 Å². The van der Waals surface area contributed by atoms with Crippen molar-refractivity contribution in [3.63, 3.8) is 0 Å². The molecule has 1 unspecified atom stereocenters. The number of hydrogen-bond acceptors (Lipinski definition) is 3. The maximum Gasteiger partial charge on any atom is 0.326 e. The molecule has 0 bridgehead atoms. The number of carboxylic acid groups (broad SMARTS) is 1. The first-order chi connectivity index (χ1) is 11.3. The third kappa shape index (κ3) is 4.71. The van der Waals surface area contributed by atoms with Crippen molar-refractivity contribution in [3.05, 3.63) is 0 Å². The molecular formula is C18H30N2O4. The lowest BCUT2D eigenvalue weighted by Gasteiger charge is -2.33. The number of amides is 2. The van der Waals surface area contributed by atoms with E-state index < -0.39 is 17.9 Å². The summed E-state index contributed by atoms with van der Waals surface area (Å²) in [6.07, 6.45) is 4.86. The summed E-state index contributed by atoms with van der Waals surface area (Å²) in [6.45, 7) is 6.51. The van der Waals surface area contributed by atoms with Crippen LogP contribution in [-0.4, -0.2) is 46.4 Å². The van der Waals surface area contributed by atoms with Crippen molar-refractivity contribution in [1.82, 2.24) is 10.2 Å². The number of hydrogen-bond donors (Lipinski definition) is 2. The van der Waals surface area contributed by atoms with Crippen LogP contribution in [0.4, 0.5) is 0 Å². The molecule has 1 saturated heterocycles. The van der Waals surface area contributed by atoms with Gasteiger partial charge in [-0.3, -0.25) is 9.59 Å². The van der Waals surface area contributed by atoms with E-state index in [-0.39, 0.29) is 30.2 Å². The molecule has 0 aromatic rings. The Bertz CT molecular complexity index is 483. The maximum atomic E-state index is 12.4. The molecule has 2 amide bonds. The van der Waals surface area contributed by atoms with Crippen LogP contribution in [0.2, 0.25) is 0 Å². The Kier molecular flexibility index (Phi) is 6.24. The summed E-state index contributed by atoms with van der Waals surface area (Å²) in [5.41, 5.74) is 0. The van der Waals surface area contributed by atoms with Crippen LogP contribution in [0.25, 0.3) is 0 Å². The van der Waals surface area contributed by atoms with Crippen molar-refractivity contribution in [2.75, 3.05) is 6.54 Å². The second kappa shape index (κ2) is 7.99. The molecule has 6 heteroatoms. The molecule has 0 aromatic carbocycles. The van der Waals surface area contributed by atoms with Gasteiger partial charge in [0.05, 0.1) is 5.92 Å². The fourth-order valence-electron chi connectivity index (χ4n) is 3.80. The largest absolute Gasteiger partial charge is 0.480 e. The van der Waals surface area contributed by atoms with Gasteiger partial charge in [0, 0.05) is 19.0 Å². The highest BCUT2D eigenvalue weighted by molar-refractivity contribution is 5.91. The van der Waals surface area contributed by atoms with Crippen LogP contribution in [0.15, 0.2) is 0 Å². The highest BCUT2D eigenvalue weighted by Gasteiger charge is 2.39. The first-order valence-electron chi connectivity index (χ1n) is 9.10. The third-order valence-corrected chi connectivity index (χ3v) is 5.28. The zero-order chi connectivity index (χ0) is 17.9. The van der Waals surface area contributed by atoms with Gasteiger partial charge >= 0.3 is 5.97 Å². The van der Waals surface area contributed by atoms with E-state index >= 15 is 0 Å². The van der Waals surface area contributed by atoms with Crippen LogP contribution in [0, 0.1) is 17.8 Å². The van der Waals surface area contributed by atoms with E-state index in [1.54, 1.807) is 0 Å². The van der Waals surface area contributed by atoms with Crippen molar-refractivity contribution < 1.29 is 19.5 Å². The van der Waals surface area contributed by atoms with Gasteiger partial charge in [-0.15, -0.1) is 0 Å². The van der Waals surface area contributed by atoms with E-state index in [0.717, 1.165) is 25.7 Å². The van der Waals surface area contributed by atoms with Gasteiger partial charge in [0.15, 0.2) is 0 Å². The highest BCUT2D eigenvalue weighted by Crippen LogP contribution is 2.31. The lowest BCUT2D eigenvalue weighted by atomic mass is 9.86. The van der Waals surface area contributed by atoms with Crippen molar-refractivity contribution in [2.45, 2.75) is 71.4 Å². The smallest absolute Gasteiger partial charge is 0.326 e. The van der Waals surface area contributed by atoms with Crippen LogP contribution < -0.4 is 5.32 Å². The third-order valence-electron chi connectivity index (χ3n) is 5.28. The Morgan fingerprint density at radius 3 is 2.42 bits per heavy atom. The highest BCUT2D eigenvalue weighted by atomic mass is 16.4. The molecular weight excluding hydrogens is 308 g/mol. The van der Waals surface area contributed by atoms with Crippen molar-refractivity contribution >= 4 is 17.8 Å². The number of rotatable bonds is 6. The average Bonchev–Trinajstić information content (AvgIpc) is 2.89. The summed E-state index contributed by atoms with van der Waals surface area (Å²) in [6, 6.07) is -0.630. The number of carboxylic acids is 1. The van der Waals surface area contributed by atoms with Gasteiger partial charge in [0.1, 0.15) is 6.04 Å². The van der Waals surface area contributed by atoms with Gasteiger partial charge in [-0.05, 0) is 43.9 Å². The fraction of sp³-hybridized carbons (Fsp3) is 0.833. The summed E-state index contributed by atoms with van der Waals surface area (Å²) in [7, 11) is 0. The molecule has 136 valence electrons. The van der Waals surface area contributed by atoms with Crippen molar-refractivity contribution in [3.8, 4) is 0 Å². The second-order valence-electron chi connectivity index (χ2n) is 7.89. The summed E-state index contributed by atoms with van der Waals surface area (Å²) in [4.78, 5) is 37.9. The lowest BCUT2D eigenvalue weighted by Crippen LogP contribution is -2.45. The molecule has 1 aliphatic carbocycles. The molecule has 2 atom stereocenters. The van der Waals surface area contributed by atoms with Crippen LogP contribution in [0.3, 0.4) is 0 Å². The van der Waals surface area contributed by atoms with Gasteiger partial charge in [-0.1, -0.05) is 20.8 Å². The first-order valence-corrected chi connectivity index (χ1v) is 9.10. The quantitative estimate of drug-likeness (QED) is 0.776. The minimum absolute atomic E-state index is 0.0328. The SMILES string of the molecule is CC(C)C[C@@H](NC(=O)C1CC(=O)N(C2CCC(C)CC2)C1)C(=O)O. The van der Waals surface area contributed by atoms with E-state index in [0.29, 0.717) is 18.9 Å². The lowest BCUT2D eigenvalue weighted by molar-refractivity contribution is -0.142. The molecule has 2 fully saturated rings. The van der Waals surface area contributed by atoms with Crippen molar-refractivity contribution in [2.24, 2.45) is 17.8 Å². The van der Waals surface area contributed by atoms with Crippen LogP contribution >= 0.6 is 0 Å². The Morgan fingerprint density at radius 2 is 1.88 bits per heavy atom. The monoisotopic (exact) mass is 338 g/mol. The molecule has 2 rings (SSSR count). The molecule has 0 radical (unpaired) electrons. The van der Waals surface area contributed by atoms with Gasteiger partial charge in [0.2, 0.25) is 11.8 Å². The molecule has 1 aliphatic heterocycles. The summed E-state index contributed by atoms with van der Waals surface area (Å²) in [5, 5.41) is 11.9. The van der Waals surface area contributed by atoms with E-state index in [2.05, 4.69) is 12.2 Å². The van der Waals surface area contributed by atoms with Crippen LogP contribution in [0.1, 0.15) is 59.3 Å². The predicted molar refractivity (Wildman–Crippen MR) is 90.3 cm³/mol. The topological polar surface area (TPSA) is 86.7 Å². The molecule has 1 saturated carbocycles. The predicted octanol–water partition coefficient (Wildman–Crippen LogP) is 2.03. The standard InChI is InChI=1S/C18H30N2O4/c1-11(2)8-15(18(23)24)19-17(22)13-9-16(21)20(10-13)14-6-4-12(3)5-7-14/h11-15H,4-10H2,1-3H3,(H,19,22)(H,23,24)/t12?,13?,14?,15-/m1/s1. The number of nitrogens with zero attached hydrogens (tertiary/aromatic N) is 1. The van der Waals surface area contributed by atoms with Crippen molar-refractivity contribution in [1.29, 1.82) is 0 Å². The maximum absolute atomic E-state index is 12.4. The molecule has 0 aromatic heterocycles. The van der Waals surface area contributed by atoms with Crippen LogP contribution in [-0.2, 0) is 14.4 Å². The first kappa shape index (κ1) is 18.7. The summed E-state index contributed by atoms with van der Waals surface area (Å²) in [5.74, 6) is -0.818. The number of carbonyl (C=O) groups is 3. The number of carbonyl (C=O) groups excluding carboxylic acids is 2. The fourth-order valence-corrected chi connectivity index (χ4v) is 3.80. The number of likely N-dealkylation sites (tertiary alicyclic amines) is 1. The minimum atomic E-state index is -1.01. The van der Waals surface area contributed by atoms with E-state index in [1.807, 2.05) is 18.7 Å². The molecule has 1 heterocycles. The molecule has 2 aliphatic rings. The van der Waals surface area contributed by atoms with E-state index in [1.165, 1.54) is 0 Å². The van der Waals surface area contributed by atoms with Gasteiger partial charge in [-0.2, -0.15) is 0 Å². The van der Waals surface area contributed by atoms with Gasteiger partial charge < -0.3 is 15.3 Å². The van der Waals surface area contributed by atoms with Gasteiger partial charge in [0.25, 0.3) is 0 Å². The zero-order valence-electron chi connectivity index (χ0n) is 15.0. The summed E-state index contributed by atoms with van der Waals surface area (Å²) >= 11 is 0. The number of nitrogens with one attached hydrogen (secondary N) is 1. The average molecular weight is 338 g/mol. The molecule has 24 heavy (non-hydrogen) atoms. The zero-order valence-corrected chi connectivity index (χ0v) is 15.0. The number of aliphatic carboxylic acids is 1. The normalized spacial score (nSPS) is 28.9. The molecule has 6 nitrogen and oxygen atoms in total. The Labute approximate surface area is 144 Å². The second-order valence-corrected chi connectivity index (χ2v) is 7.89.